The van der Waals surface area contributed by atoms with Crippen molar-refractivity contribution < 1.29 is 0 Å². The monoisotopic (exact) mass is 680 g/mol. The average molecular weight is 681 g/mol. The Morgan fingerprint density at radius 1 is 0.415 bits per heavy atom. The van der Waals surface area contributed by atoms with E-state index in [4.69, 9.17) is 19.9 Å². The van der Waals surface area contributed by atoms with Crippen molar-refractivity contribution in [1.82, 2.24) is 19.9 Å². The molecule has 0 amide bonds. The molecule has 8 aromatic rings. The van der Waals surface area contributed by atoms with Crippen LogP contribution in [0.1, 0.15) is 24.8 Å². The van der Waals surface area contributed by atoms with Crippen molar-refractivity contribution in [3.63, 3.8) is 0 Å². The summed E-state index contributed by atoms with van der Waals surface area (Å²) in [6, 6.07) is 57.5. The summed E-state index contributed by atoms with van der Waals surface area (Å²) in [7, 11) is 0. The van der Waals surface area contributed by atoms with Gasteiger partial charge >= 0.3 is 0 Å². The summed E-state index contributed by atoms with van der Waals surface area (Å²) in [4.78, 5) is 21.1. The molecule has 252 valence electrons. The highest BCUT2D eigenvalue weighted by atomic mass is 14.9. The quantitative estimate of drug-likeness (QED) is 0.168. The van der Waals surface area contributed by atoms with Gasteiger partial charge in [0.2, 0.25) is 0 Å². The van der Waals surface area contributed by atoms with Crippen LogP contribution in [0.25, 0.3) is 78.6 Å². The van der Waals surface area contributed by atoms with E-state index in [-0.39, 0.29) is 0 Å². The standard InChI is InChI=1S/C49H36N4/c1-4-13-31(14-5-1)42-27-43(32-15-6-2-7-16-32)51-47(50-42)36-23-34-19-10-11-22-40(34)41(26-36)48-52-44(33-17-8-3-9-18-33)28-45(53-48)35-20-12-21-39(25-35)49-29-37-24-38(30-49)46(37)49/h1-23,25-28,37-38,46H,24,29-30H2. The molecule has 11 rings (SSSR count). The molecule has 0 N–H and O–H groups in total. The first kappa shape index (κ1) is 30.4. The number of nitrogens with zero attached hydrogens (tertiary/aromatic N) is 4. The first-order chi connectivity index (χ1) is 26.2. The van der Waals surface area contributed by atoms with Gasteiger partial charge in [0.1, 0.15) is 0 Å². The van der Waals surface area contributed by atoms with E-state index in [1.807, 2.05) is 12.1 Å². The van der Waals surface area contributed by atoms with Gasteiger partial charge in [-0.1, -0.05) is 133 Å². The van der Waals surface area contributed by atoms with Gasteiger partial charge in [-0.25, -0.2) is 19.9 Å². The Labute approximate surface area is 309 Å². The molecule has 3 aliphatic rings. The summed E-state index contributed by atoms with van der Waals surface area (Å²) in [5.41, 5.74) is 11.7. The van der Waals surface area contributed by atoms with Crippen LogP contribution in [0.15, 0.2) is 164 Å². The Balaban J connectivity index is 1.10. The second-order valence-electron chi connectivity index (χ2n) is 15.2. The zero-order valence-corrected chi connectivity index (χ0v) is 29.2. The van der Waals surface area contributed by atoms with Crippen LogP contribution in [-0.4, -0.2) is 19.9 Å². The van der Waals surface area contributed by atoms with Gasteiger partial charge in [0, 0.05) is 33.4 Å². The van der Waals surface area contributed by atoms with Gasteiger partial charge in [0.05, 0.1) is 22.8 Å². The van der Waals surface area contributed by atoms with Gasteiger partial charge in [0.15, 0.2) is 11.6 Å². The maximum absolute atomic E-state index is 5.39. The minimum atomic E-state index is 0.388. The number of hydrogen-bond donors (Lipinski definition) is 0. The lowest BCUT2D eigenvalue weighted by molar-refractivity contribution is -0.219. The van der Waals surface area contributed by atoms with Gasteiger partial charge in [-0.2, -0.15) is 0 Å². The minimum Gasteiger partial charge on any atom is -0.228 e. The molecule has 0 radical (unpaired) electrons. The van der Waals surface area contributed by atoms with Crippen molar-refractivity contribution in [3.8, 4) is 67.8 Å². The third-order valence-electron chi connectivity index (χ3n) is 12.3. The molecular formula is C49H36N4. The van der Waals surface area contributed by atoms with E-state index in [1.54, 1.807) is 0 Å². The molecule has 2 unspecified atom stereocenters. The largest absolute Gasteiger partial charge is 0.228 e. The highest BCUT2D eigenvalue weighted by molar-refractivity contribution is 5.99. The second kappa shape index (κ2) is 11.9. The first-order valence-corrected chi connectivity index (χ1v) is 18.8. The smallest absolute Gasteiger partial charge is 0.161 e. The summed E-state index contributed by atoms with van der Waals surface area (Å²) in [5, 5.41) is 2.18. The Morgan fingerprint density at radius 3 is 1.49 bits per heavy atom. The molecule has 3 aliphatic carbocycles. The number of hydrogen-bond acceptors (Lipinski definition) is 4. The molecule has 2 atom stereocenters. The average Bonchev–Trinajstić information content (AvgIpc) is 3.23. The molecule has 6 aromatic carbocycles. The number of aromatic nitrogens is 4. The highest BCUT2D eigenvalue weighted by Crippen LogP contribution is 2.77. The summed E-state index contributed by atoms with van der Waals surface area (Å²) >= 11 is 0. The SMILES string of the molecule is c1ccc(-c2cc(-c3ccccc3)nc(-c3cc(-c4nc(-c5ccccc5)cc(-c5cccc(C67CC8CC(C6)C87)c5)n4)c4ccccc4c3)n2)cc1. The Morgan fingerprint density at radius 2 is 0.925 bits per heavy atom. The van der Waals surface area contributed by atoms with Gasteiger partial charge in [0.25, 0.3) is 0 Å². The van der Waals surface area contributed by atoms with E-state index in [0.29, 0.717) is 17.1 Å². The fraction of sp³-hybridized carbons (Fsp3) is 0.143. The fourth-order valence-corrected chi connectivity index (χ4v) is 9.77. The van der Waals surface area contributed by atoms with Gasteiger partial charge in [-0.3, -0.25) is 0 Å². The van der Waals surface area contributed by atoms with E-state index < -0.39 is 0 Å². The lowest BCUT2D eigenvalue weighted by Crippen LogP contribution is -2.71. The van der Waals surface area contributed by atoms with Crippen LogP contribution in [0.4, 0.5) is 0 Å². The predicted octanol–water partition coefficient (Wildman–Crippen LogP) is 11.7. The van der Waals surface area contributed by atoms with Crippen molar-refractivity contribution in [1.29, 1.82) is 0 Å². The van der Waals surface area contributed by atoms with Crippen molar-refractivity contribution >= 4 is 10.8 Å². The van der Waals surface area contributed by atoms with E-state index in [0.717, 1.165) is 84.7 Å². The Hall–Kier alpha value is -6.26. The van der Waals surface area contributed by atoms with Gasteiger partial charge in [-0.05, 0) is 89.1 Å². The Bertz CT molecular complexity index is 2600. The maximum Gasteiger partial charge on any atom is 0.161 e. The van der Waals surface area contributed by atoms with Crippen LogP contribution >= 0.6 is 0 Å². The lowest BCUT2D eigenvalue weighted by Gasteiger charge is -2.76. The summed E-state index contributed by atoms with van der Waals surface area (Å²) in [6.45, 7) is 0. The zero-order valence-electron chi connectivity index (χ0n) is 29.2. The maximum atomic E-state index is 5.39. The van der Waals surface area contributed by atoms with E-state index in [1.165, 1.54) is 24.8 Å². The molecule has 0 bridgehead atoms. The number of fused-ring (bicyclic) bond motifs is 1. The summed E-state index contributed by atoms with van der Waals surface area (Å²) in [6.07, 6.45) is 4.14. The van der Waals surface area contributed by atoms with E-state index in [9.17, 15) is 0 Å². The lowest BCUT2D eigenvalue weighted by atomic mass is 9.28. The topological polar surface area (TPSA) is 51.6 Å². The molecular weight excluding hydrogens is 645 g/mol. The van der Waals surface area contributed by atoms with Gasteiger partial charge < -0.3 is 0 Å². The van der Waals surface area contributed by atoms with Crippen LogP contribution in [0.2, 0.25) is 0 Å². The molecule has 0 aliphatic heterocycles. The molecule has 3 saturated carbocycles. The molecule has 2 aromatic heterocycles. The summed E-state index contributed by atoms with van der Waals surface area (Å²) < 4.78 is 0. The minimum absolute atomic E-state index is 0.388. The molecule has 2 heterocycles. The van der Waals surface area contributed by atoms with Crippen molar-refractivity contribution in [2.45, 2.75) is 24.7 Å². The van der Waals surface area contributed by atoms with Crippen LogP contribution in [-0.2, 0) is 5.41 Å². The molecule has 0 saturated heterocycles. The van der Waals surface area contributed by atoms with Crippen LogP contribution in [0.3, 0.4) is 0 Å². The normalized spacial score (nSPS) is 20.9. The first-order valence-electron chi connectivity index (χ1n) is 18.8. The molecule has 4 nitrogen and oxygen atoms in total. The number of rotatable bonds is 7. The van der Waals surface area contributed by atoms with E-state index >= 15 is 0 Å². The van der Waals surface area contributed by atoms with Crippen molar-refractivity contribution in [2.75, 3.05) is 0 Å². The second-order valence-corrected chi connectivity index (χ2v) is 15.2. The van der Waals surface area contributed by atoms with Crippen LogP contribution < -0.4 is 0 Å². The van der Waals surface area contributed by atoms with Crippen LogP contribution in [0.5, 0.6) is 0 Å². The van der Waals surface area contributed by atoms with Crippen LogP contribution in [0, 0.1) is 17.8 Å². The van der Waals surface area contributed by atoms with Crippen molar-refractivity contribution in [2.24, 2.45) is 17.8 Å². The molecule has 3 fully saturated rings. The molecule has 0 spiro atoms. The highest BCUT2D eigenvalue weighted by Gasteiger charge is 2.71. The van der Waals surface area contributed by atoms with Gasteiger partial charge in [-0.15, -0.1) is 0 Å². The van der Waals surface area contributed by atoms with E-state index in [2.05, 4.69) is 152 Å². The molecule has 4 heteroatoms. The zero-order chi connectivity index (χ0) is 34.9. The van der Waals surface area contributed by atoms with Crippen molar-refractivity contribution in [3.05, 3.63) is 169 Å². The Kier molecular flexibility index (Phi) is 6.82. The summed E-state index contributed by atoms with van der Waals surface area (Å²) in [5.74, 6) is 4.16. The predicted molar refractivity (Wildman–Crippen MR) is 214 cm³/mol. The number of benzene rings is 6. The third-order valence-corrected chi connectivity index (χ3v) is 12.3. The molecule has 53 heavy (non-hydrogen) atoms. The third kappa shape index (κ3) is 4.97. The fourth-order valence-electron chi connectivity index (χ4n) is 9.77.